The molecule has 1 fully saturated rings. The van der Waals surface area contributed by atoms with E-state index in [1.54, 1.807) is 24.4 Å². The second-order valence-corrected chi connectivity index (χ2v) is 7.63. The number of hydrogen-bond acceptors (Lipinski definition) is 5. The number of rotatable bonds is 4. The number of carboxylic acids is 1. The number of aromatic carboxylic acids is 1. The fraction of sp³-hybridized carbons (Fsp3) is 0.391. The van der Waals surface area contributed by atoms with Crippen molar-refractivity contribution in [3.63, 3.8) is 0 Å². The van der Waals surface area contributed by atoms with Gasteiger partial charge in [-0.05, 0) is 49.1 Å². The van der Waals surface area contributed by atoms with Crippen LogP contribution >= 0.6 is 11.6 Å². The predicted molar refractivity (Wildman–Crippen MR) is 118 cm³/mol. The highest BCUT2D eigenvalue weighted by molar-refractivity contribution is 6.32. The van der Waals surface area contributed by atoms with Crippen molar-refractivity contribution < 1.29 is 9.90 Å². The lowest BCUT2D eigenvalue weighted by Gasteiger charge is -2.28. The Morgan fingerprint density at radius 1 is 1.23 bits per heavy atom. The number of halogens is 1. The molecule has 1 aromatic heterocycles. The molecule has 0 saturated heterocycles. The minimum absolute atomic E-state index is 0.0189. The van der Waals surface area contributed by atoms with E-state index in [0.717, 1.165) is 23.4 Å². The molecule has 1 aliphatic carbocycles. The second kappa shape index (κ2) is 9.73. The molecular formula is C23H25ClN4O2. The molecule has 1 aliphatic heterocycles. The van der Waals surface area contributed by atoms with Gasteiger partial charge in [0.1, 0.15) is 11.8 Å². The van der Waals surface area contributed by atoms with Gasteiger partial charge in [0.05, 0.1) is 28.0 Å². The van der Waals surface area contributed by atoms with Crippen molar-refractivity contribution in [1.82, 2.24) is 4.98 Å². The summed E-state index contributed by atoms with van der Waals surface area (Å²) in [6, 6.07) is 11.0. The number of pyridine rings is 1. The first-order valence-corrected chi connectivity index (χ1v) is 10.7. The molecule has 7 heteroatoms. The molecular weight excluding hydrogens is 400 g/mol. The van der Waals surface area contributed by atoms with E-state index < -0.39 is 5.97 Å². The summed E-state index contributed by atoms with van der Waals surface area (Å²) < 4.78 is 0. The van der Waals surface area contributed by atoms with Gasteiger partial charge in [-0.2, -0.15) is 10.4 Å². The summed E-state index contributed by atoms with van der Waals surface area (Å²) in [6.45, 7) is 4.00. The van der Waals surface area contributed by atoms with Crippen molar-refractivity contribution in [1.29, 1.82) is 5.26 Å². The van der Waals surface area contributed by atoms with Crippen LogP contribution in [0.5, 0.6) is 0 Å². The van der Waals surface area contributed by atoms with E-state index in [2.05, 4.69) is 11.1 Å². The van der Waals surface area contributed by atoms with Gasteiger partial charge in [0.15, 0.2) is 0 Å². The Balaban J connectivity index is 0.00000124. The SMILES string of the molecule is CC.N#Cc1ccc(N2N=C(c3ccc(C(=O)O)nc3)CC2C2CCCC2)cc1Cl. The molecule has 2 heterocycles. The highest BCUT2D eigenvalue weighted by atomic mass is 35.5. The predicted octanol–water partition coefficient (Wildman–Crippen LogP) is 5.50. The zero-order chi connectivity index (χ0) is 21.7. The Morgan fingerprint density at radius 3 is 2.53 bits per heavy atom. The van der Waals surface area contributed by atoms with Gasteiger partial charge < -0.3 is 5.11 Å². The summed E-state index contributed by atoms with van der Waals surface area (Å²) in [4.78, 5) is 15.1. The number of carbonyl (C=O) groups is 1. The smallest absolute Gasteiger partial charge is 0.354 e. The highest BCUT2D eigenvalue weighted by Crippen LogP contribution is 2.39. The van der Waals surface area contributed by atoms with Gasteiger partial charge in [0, 0.05) is 18.2 Å². The Bertz CT molecular complexity index is 976. The standard InChI is InChI=1S/C21H19ClN4O2.C2H6/c22-17-9-16(7-5-14(17)11-23)26-20(13-3-1-2-4-13)10-19(25-26)15-6-8-18(21(27)28)24-12-15;1-2/h5-9,12-13,20H,1-4,10H2,(H,27,28);1-2H3. The van der Waals surface area contributed by atoms with Gasteiger partial charge in [-0.3, -0.25) is 5.01 Å². The first kappa shape index (κ1) is 21.8. The maximum atomic E-state index is 11.0. The summed E-state index contributed by atoms with van der Waals surface area (Å²) in [7, 11) is 0. The van der Waals surface area contributed by atoms with Gasteiger partial charge in [0.2, 0.25) is 0 Å². The number of aromatic nitrogens is 1. The Labute approximate surface area is 181 Å². The van der Waals surface area contributed by atoms with Crippen LogP contribution in [0.1, 0.15) is 67.6 Å². The number of hydrazone groups is 1. The van der Waals surface area contributed by atoms with Crippen molar-refractivity contribution in [2.75, 3.05) is 5.01 Å². The van der Waals surface area contributed by atoms with E-state index in [-0.39, 0.29) is 11.7 Å². The quantitative estimate of drug-likeness (QED) is 0.699. The molecule has 1 unspecified atom stereocenters. The maximum absolute atomic E-state index is 11.0. The largest absolute Gasteiger partial charge is 0.477 e. The van der Waals surface area contributed by atoms with Crippen LogP contribution in [0.3, 0.4) is 0 Å². The summed E-state index contributed by atoms with van der Waals surface area (Å²) in [6.07, 6.45) is 7.15. The monoisotopic (exact) mass is 424 g/mol. The molecule has 2 aliphatic rings. The molecule has 1 aromatic carbocycles. The fourth-order valence-electron chi connectivity index (χ4n) is 4.09. The number of benzene rings is 1. The molecule has 4 rings (SSSR count). The van der Waals surface area contributed by atoms with Crippen molar-refractivity contribution >= 4 is 29.0 Å². The molecule has 1 saturated carbocycles. The molecule has 30 heavy (non-hydrogen) atoms. The van der Waals surface area contributed by atoms with E-state index >= 15 is 0 Å². The van der Waals surface area contributed by atoms with Gasteiger partial charge in [0.25, 0.3) is 0 Å². The molecule has 6 nitrogen and oxygen atoms in total. The van der Waals surface area contributed by atoms with E-state index in [1.165, 1.54) is 31.7 Å². The van der Waals surface area contributed by atoms with Crippen LogP contribution in [0, 0.1) is 17.2 Å². The van der Waals surface area contributed by atoms with Crippen LogP contribution in [0.15, 0.2) is 41.6 Å². The lowest BCUT2D eigenvalue weighted by atomic mass is 9.92. The number of nitrogens with zero attached hydrogens (tertiary/aromatic N) is 4. The molecule has 0 spiro atoms. The number of nitriles is 1. The lowest BCUT2D eigenvalue weighted by molar-refractivity contribution is 0.0690. The molecule has 0 radical (unpaired) electrons. The summed E-state index contributed by atoms with van der Waals surface area (Å²) in [5.41, 5.74) is 3.05. The normalized spacial score (nSPS) is 18.4. The third-order valence-corrected chi connectivity index (χ3v) is 5.86. The minimum Gasteiger partial charge on any atom is -0.477 e. The number of anilines is 1. The van der Waals surface area contributed by atoms with Crippen LogP contribution in [0.25, 0.3) is 0 Å². The van der Waals surface area contributed by atoms with Gasteiger partial charge in [-0.25, -0.2) is 9.78 Å². The average Bonchev–Trinajstić information content (AvgIpc) is 3.45. The van der Waals surface area contributed by atoms with Crippen LogP contribution in [-0.4, -0.2) is 27.8 Å². The van der Waals surface area contributed by atoms with Crippen LogP contribution in [0.4, 0.5) is 5.69 Å². The molecule has 1 atom stereocenters. The van der Waals surface area contributed by atoms with Crippen molar-refractivity contribution in [2.24, 2.45) is 11.0 Å². The zero-order valence-electron chi connectivity index (χ0n) is 17.2. The van der Waals surface area contributed by atoms with Gasteiger partial charge >= 0.3 is 5.97 Å². The van der Waals surface area contributed by atoms with E-state index in [9.17, 15) is 4.79 Å². The summed E-state index contributed by atoms with van der Waals surface area (Å²) in [5, 5.41) is 25.5. The second-order valence-electron chi connectivity index (χ2n) is 7.22. The zero-order valence-corrected chi connectivity index (χ0v) is 17.9. The first-order chi connectivity index (χ1) is 14.6. The highest BCUT2D eigenvalue weighted by Gasteiger charge is 2.36. The minimum atomic E-state index is -1.04. The Morgan fingerprint density at radius 2 is 1.97 bits per heavy atom. The maximum Gasteiger partial charge on any atom is 0.354 e. The van der Waals surface area contributed by atoms with Crippen LogP contribution in [0.2, 0.25) is 5.02 Å². The Kier molecular flexibility index (Phi) is 7.07. The summed E-state index contributed by atoms with van der Waals surface area (Å²) >= 11 is 6.25. The van der Waals surface area contributed by atoms with Crippen LogP contribution in [-0.2, 0) is 0 Å². The molecule has 0 amide bonds. The molecule has 0 bridgehead atoms. The lowest BCUT2D eigenvalue weighted by Crippen LogP contribution is -2.32. The van der Waals surface area contributed by atoms with Crippen LogP contribution < -0.4 is 5.01 Å². The number of hydrogen-bond donors (Lipinski definition) is 1. The van der Waals surface area contributed by atoms with E-state index in [4.69, 9.17) is 27.1 Å². The number of carboxylic acid groups (broad SMARTS) is 1. The summed E-state index contributed by atoms with van der Waals surface area (Å²) in [5.74, 6) is -0.500. The van der Waals surface area contributed by atoms with Crippen molar-refractivity contribution in [3.8, 4) is 6.07 Å². The average molecular weight is 425 g/mol. The van der Waals surface area contributed by atoms with Gasteiger partial charge in [-0.1, -0.05) is 38.3 Å². The molecule has 1 N–H and O–H groups in total. The van der Waals surface area contributed by atoms with Gasteiger partial charge in [-0.15, -0.1) is 0 Å². The Hall–Kier alpha value is -2.91. The van der Waals surface area contributed by atoms with E-state index in [0.29, 0.717) is 16.5 Å². The van der Waals surface area contributed by atoms with Crippen molar-refractivity contribution in [2.45, 2.75) is 52.0 Å². The van der Waals surface area contributed by atoms with Crippen molar-refractivity contribution in [3.05, 3.63) is 58.4 Å². The molecule has 156 valence electrons. The fourth-order valence-corrected chi connectivity index (χ4v) is 4.31. The topological polar surface area (TPSA) is 89.6 Å². The first-order valence-electron chi connectivity index (χ1n) is 10.3. The van der Waals surface area contributed by atoms with E-state index in [1.807, 2.05) is 24.9 Å². The third-order valence-electron chi connectivity index (χ3n) is 5.54. The third kappa shape index (κ3) is 4.47. The molecule has 2 aromatic rings.